The lowest BCUT2D eigenvalue weighted by Gasteiger charge is -2.16. The summed E-state index contributed by atoms with van der Waals surface area (Å²) in [5.41, 5.74) is 1.48. The number of benzene rings is 2. The quantitative estimate of drug-likeness (QED) is 0.803. The van der Waals surface area contributed by atoms with E-state index in [-0.39, 0.29) is 22.5 Å². The first-order valence-electron chi connectivity index (χ1n) is 7.42. The van der Waals surface area contributed by atoms with E-state index >= 15 is 0 Å². The molecule has 0 aliphatic heterocycles. The molecule has 6 nitrogen and oxygen atoms in total. The Labute approximate surface area is 152 Å². The summed E-state index contributed by atoms with van der Waals surface area (Å²) in [6.07, 6.45) is 1.04. The summed E-state index contributed by atoms with van der Waals surface area (Å²) in [5.74, 6) is 0.388. The van der Waals surface area contributed by atoms with Crippen molar-refractivity contribution in [1.29, 1.82) is 0 Å². The SMILES string of the molecule is COc1ccc([C@H](C)NC(=O)c2ccc(NS(C)(=O)=O)cc2Cl)cc1. The van der Waals surface area contributed by atoms with Crippen LogP contribution in [0.25, 0.3) is 0 Å². The molecule has 0 aliphatic carbocycles. The first kappa shape index (κ1) is 19.1. The summed E-state index contributed by atoms with van der Waals surface area (Å²) in [4.78, 5) is 12.4. The molecule has 0 aliphatic rings. The molecule has 2 N–H and O–H groups in total. The average Bonchev–Trinajstić information content (AvgIpc) is 2.53. The van der Waals surface area contributed by atoms with Crippen molar-refractivity contribution in [2.45, 2.75) is 13.0 Å². The fourth-order valence-electron chi connectivity index (χ4n) is 2.23. The van der Waals surface area contributed by atoms with E-state index in [9.17, 15) is 13.2 Å². The van der Waals surface area contributed by atoms with Gasteiger partial charge in [0, 0.05) is 5.69 Å². The molecule has 0 saturated carbocycles. The lowest BCUT2D eigenvalue weighted by atomic mass is 10.1. The molecule has 0 radical (unpaired) electrons. The fourth-order valence-corrected chi connectivity index (χ4v) is 3.05. The molecule has 2 rings (SSSR count). The van der Waals surface area contributed by atoms with Crippen LogP contribution in [0.4, 0.5) is 5.69 Å². The minimum atomic E-state index is -3.41. The zero-order valence-corrected chi connectivity index (χ0v) is 15.6. The number of carbonyl (C=O) groups excluding carboxylic acids is 1. The number of amides is 1. The molecule has 0 bridgehead atoms. The fraction of sp³-hybridized carbons (Fsp3) is 0.235. The second kappa shape index (κ2) is 7.76. The van der Waals surface area contributed by atoms with E-state index in [2.05, 4.69) is 10.0 Å². The van der Waals surface area contributed by atoms with E-state index in [0.717, 1.165) is 17.6 Å². The molecule has 25 heavy (non-hydrogen) atoms. The van der Waals surface area contributed by atoms with Crippen LogP contribution < -0.4 is 14.8 Å². The maximum Gasteiger partial charge on any atom is 0.253 e. The highest BCUT2D eigenvalue weighted by Crippen LogP contribution is 2.23. The van der Waals surface area contributed by atoms with E-state index in [1.807, 2.05) is 31.2 Å². The van der Waals surface area contributed by atoms with Crippen molar-refractivity contribution in [3.05, 3.63) is 58.6 Å². The average molecular weight is 383 g/mol. The predicted octanol–water partition coefficient (Wildman–Crippen LogP) is 3.21. The number of sulfonamides is 1. The van der Waals surface area contributed by atoms with Crippen molar-refractivity contribution in [2.75, 3.05) is 18.1 Å². The Kier molecular flexibility index (Phi) is 5.92. The third-order valence-corrected chi connectivity index (χ3v) is 4.40. The van der Waals surface area contributed by atoms with Gasteiger partial charge >= 0.3 is 0 Å². The lowest BCUT2D eigenvalue weighted by molar-refractivity contribution is 0.0940. The summed E-state index contributed by atoms with van der Waals surface area (Å²) >= 11 is 6.11. The van der Waals surface area contributed by atoms with Crippen molar-refractivity contribution in [3.63, 3.8) is 0 Å². The van der Waals surface area contributed by atoms with Gasteiger partial charge in [0.15, 0.2) is 0 Å². The van der Waals surface area contributed by atoms with Gasteiger partial charge in [-0.2, -0.15) is 0 Å². The van der Waals surface area contributed by atoms with Gasteiger partial charge in [0.25, 0.3) is 5.91 Å². The highest BCUT2D eigenvalue weighted by Gasteiger charge is 2.15. The van der Waals surface area contributed by atoms with Crippen LogP contribution in [0.1, 0.15) is 28.9 Å². The number of hydrogen-bond donors (Lipinski definition) is 2. The minimum Gasteiger partial charge on any atom is -0.497 e. The van der Waals surface area contributed by atoms with E-state index < -0.39 is 10.0 Å². The van der Waals surface area contributed by atoms with E-state index in [4.69, 9.17) is 16.3 Å². The Bertz CT molecular complexity index is 867. The minimum absolute atomic E-state index is 0.160. The standard InChI is InChI=1S/C17H19ClN2O4S/c1-11(12-4-7-14(24-2)8-5-12)19-17(21)15-9-6-13(10-16(15)18)20-25(3,22)23/h4-11,20H,1-3H3,(H,19,21)/t11-/m0/s1. The number of methoxy groups -OCH3 is 1. The summed E-state index contributed by atoms with van der Waals surface area (Å²) < 4.78 is 29.9. The highest BCUT2D eigenvalue weighted by molar-refractivity contribution is 7.92. The maximum absolute atomic E-state index is 12.4. The maximum atomic E-state index is 12.4. The third kappa shape index (κ3) is 5.37. The van der Waals surface area contributed by atoms with Crippen LogP contribution in [0.15, 0.2) is 42.5 Å². The molecule has 0 heterocycles. The van der Waals surface area contributed by atoms with Crippen LogP contribution in [0.5, 0.6) is 5.75 Å². The topological polar surface area (TPSA) is 84.5 Å². The number of anilines is 1. The number of rotatable bonds is 6. The van der Waals surface area contributed by atoms with Crippen molar-refractivity contribution in [2.24, 2.45) is 0 Å². The molecular weight excluding hydrogens is 364 g/mol. The number of carbonyl (C=O) groups is 1. The molecule has 0 unspecified atom stereocenters. The van der Waals surface area contributed by atoms with Gasteiger partial charge in [-0.3, -0.25) is 9.52 Å². The van der Waals surface area contributed by atoms with Gasteiger partial charge in [-0.15, -0.1) is 0 Å². The third-order valence-electron chi connectivity index (χ3n) is 3.48. The Morgan fingerprint density at radius 3 is 2.32 bits per heavy atom. The predicted molar refractivity (Wildman–Crippen MR) is 98.8 cm³/mol. The monoisotopic (exact) mass is 382 g/mol. The van der Waals surface area contributed by atoms with Crippen LogP contribution in [-0.2, 0) is 10.0 Å². The van der Waals surface area contributed by atoms with Crippen molar-refractivity contribution in [3.8, 4) is 5.75 Å². The molecule has 0 spiro atoms. The van der Waals surface area contributed by atoms with Gasteiger partial charge in [0.05, 0.1) is 30.0 Å². The van der Waals surface area contributed by atoms with E-state index in [0.29, 0.717) is 5.69 Å². The van der Waals surface area contributed by atoms with Crippen LogP contribution in [0, 0.1) is 0 Å². The van der Waals surface area contributed by atoms with Crippen LogP contribution in [0.2, 0.25) is 5.02 Å². The smallest absolute Gasteiger partial charge is 0.253 e. The molecule has 2 aromatic carbocycles. The largest absolute Gasteiger partial charge is 0.497 e. The van der Waals surface area contributed by atoms with Gasteiger partial charge in [0.2, 0.25) is 10.0 Å². The zero-order valence-electron chi connectivity index (χ0n) is 14.0. The van der Waals surface area contributed by atoms with Crippen molar-refractivity contribution >= 4 is 33.2 Å². The molecular formula is C17H19ClN2O4S. The Morgan fingerprint density at radius 2 is 1.80 bits per heavy atom. The summed E-state index contributed by atoms with van der Waals surface area (Å²) in [5, 5.41) is 3.02. The first-order chi connectivity index (χ1) is 11.7. The Balaban J connectivity index is 2.11. The van der Waals surface area contributed by atoms with Crippen LogP contribution in [0.3, 0.4) is 0 Å². The second-order valence-corrected chi connectivity index (χ2v) is 7.69. The van der Waals surface area contributed by atoms with Crippen molar-refractivity contribution in [1.82, 2.24) is 5.32 Å². The molecule has 0 aromatic heterocycles. The number of ether oxygens (including phenoxy) is 1. The van der Waals surface area contributed by atoms with Crippen LogP contribution >= 0.6 is 11.6 Å². The summed E-state index contributed by atoms with van der Waals surface area (Å²) in [7, 11) is -1.82. The molecule has 8 heteroatoms. The Hall–Kier alpha value is -2.25. The van der Waals surface area contributed by atoms with Gasteiger partial charge in [-0.25, -0.2) is 8.42 Å². The molecule has 1 atom stereocenters. The highest BCUT2D eigenvalue weighted by atomic mass is 35.5. The normalized spacial score (nSPS) is 12.3. The molecule has 134 valence electrons. The molecule has 1 amide bonds. The van der Waals surface area contributed by atoms with Gasteiger partial charge in [-0.05, 0) is 42.8 Å². The number of nitrogens with one attached hydrogen (secondary N) is 2. The number of halogens is 1. The second-order valence-electron chi connectivity index (χ2n) is 5.54. The van der Waals surface area contributed by atoms with Crippen molar-refractivity contribution < 1.29 is 17.9 Å². The van der Waals surface area contributed by atoms with E-state index in [1.54, 1.807) is 7.11 Å². The molecule has 0 fully saturated rings. The summed E-state index contributed by atoms with van der Waals surface area (Å²) in [6.45, 7) is 1.85. The van der Waals surface area contributed by atoms with Gasteiger partial charge in [-0.1, -0.05) is 23.7 Å². The van der Waals surface area contributed by atoms with Crippen LogP contribution in [-0.4, -0.2) is 27.7 Å². The Morgan fingerprint density at radius 1 is 1.16 bits per heavy atom. The van der Waals surface area contributed by atoms with E-state index in [1.165, 1.54) is 18.2 Å². The zero-order chi connectivity index (χ0) is 18.6. The molecule has 0 saturated heterocycles. The van der Waals surface area contributed by atoms with Gasteiger partial charge in [0.1, 0.15) is 5.75 Å². The lowest BCUT2D eigenvalue weighted by Crippen LogP contribution is -2.26. The number of hydrogen-bond acceptors (Lipinski definition) is 4. The summed E-state index contributed by atoms with van der Waals surface area (Å²) in [6, 6.07) is 11.5. The molecule has 2 aromatic rings. The first-order valence-corrected chi connectivity index (χ1v) is 9.68. The van der Waals surface area contributed by atoms with Gasteiger partial charge < -0.3 is 10.1 Å².